The molecule has 6 nitrogen and oxygen atoms in total. The predicted molar refractivity (Wildman–Crippen MR) is 117 cm³/mol. The van der Waals surface area contributed by atoms with E-state index in [4.69, 9.17) is 0 Å². The molecule has 1 aliphatic heterocycles. The first-order chi connectivity index (χ1) is 14.9. The van der Waals surface area contributed by atoms with Crippen LogP contribution >= 0.6 is 11.8 Å². The summed E-state index contributed by atoms with van der Waals surface area (Å²) in [6.45, 7) is 1.98. The van der Waals surface area contributed by atoms with E-state index in [0.29, 0.717) is 6.54 Å². The summed E-state index contributed by atoms with van der Waals surface area (Å²) in [4.78, 5) is 38.1. The van der Waals surface area contributed by atoms with Crippen LogP contribution in [0.4, 0.5) is 9.18 Å². The first-order valence-corrected chi connectivity index (χ1v) is 10.4. The smallest absolute Gasteiger partial charge is 0.328 e. The Morgan fingerprint density at radius 1 is 1.16 bits per heavy atom. The van der Waals surface area contributed by atoms with Crippen LogP contribution in [0.15, 0.2) is 59.6 Å². The standard InChI is InChI=1S/C23H19FN2O4S/c1-14(22(28)30-2)26-21(27)20(31-23(26)29)11-16-13-25(19-6-4-3-5-18(16)19)12-15-7-9-17(24)10-8-15/h3-11,13-14H,12H2,1-2H3/b20-11+/t14-/m0/s1. The highest BCUT2D eigenvalue weighted by Gasteiger charge is 2.41. The number of esters is 1. The number of thioether (sulfide) groups is 1. The molecule has 2 aromatic carbocycles. The van der Waals surface area contributed by atoms with Gasteiger partial charge in [-0.25, -0.2) is 9.18 Å². The molecule has 2 heterocycles. The minimum atomic E-state index is -0.997. The summed E-state index contributed by atoms with van der Waals surface area (Å²) in [6.07, 6.45) is 3.56. The molecule has 0 bridgehead atoms. The van der Waals surface area contributed by atoms with Gasteiger partial charge in [-0.05, 0) is 48.5 Å². The van der Waals surface area contributed by atoms with Gasteiger partial charge in [0.1, 0.15) is 11.9 Å². The number of amides is 2. The quantitative estimate of drug-likeness (QED) is 0.436. The topological polar surface area (TPSA) is 68.6 Å². The van der Waals surface area contributed by atoms with Crippen LogP contribution in [0.2, 0.25) is 0 Å². The van der Waals surface area contributed by atoms with Crippen LogP contribution in [-0.4, -0.2) is 39.7 Å². The normalized spacial score (nSPS) is 16.4. The first-order valence-electron chi connectivity index (χ1n) is 9.56. The Bertz CT molecular complexity index is 1220. The number of rotatable bonds is 5. The predicted octanol–water partition coefficient (Wildman–Crippen LogP) is 4.43. The zero-order chi connectivity index (χ0) is 22.1. The van der Waals surface area contributed by atoms with Crippen LogP contribution in [0.25, 0.3) is 17.0 Å². The van der Waals surface area contributed by atoms with Crippen molar-refractivity contribution in [3.63, 3.8) is 0 Å². The number of para-hydroxylation sites is 1. The SMILES string of the molecule is COC(=O)[C@H](C)N1C(=O)S/C(=C/c2cn(Cc3ccc(F)cc3)c3ccccc23)C1=O. The van der Waals surface area contributed by atoms with Gasteiger partial charge in [-0.2, -0.15) is 0 Å². The largest absolute Gasteiger partial charge is 0.467 e. The number of aromatic nitrogens is 1. The highest BCUT2D eigenvalue weighted by Crippen LogP contribution is 2.35. The molecule has 1 fully saturated rings. The molecule has 4 rings (SSSR count). The van der Waals surface area contributed by atoms with E-state index in [-0.39, 0.29) is 10.7 Å². The van der Waals surface area contributed by atoms with Gasteiger partial charge in [0.05, 0.1) is 12.0 Å². The number of imide groups is 1. The van der Waals surface area contributed by atoms with E-state index in [2.05, 4.69) is 4.74 Å². The third-order valence-corrected chi connectivity index (χ3v) is 6.01. The van der Waals surface area contributed by atoms with Crippen molar-refractivity contribution in [1.29, 1.82) is 0 Å². The molecule has 0 radical (unpaired) electrons. The second kappa shape index (κ2) is 8.39. The average Bonchev–Trinajstić information content (AvgIpc) is 3.25. The molecule has 1 atom stereocenters. The van der Waals surface area contributed by atoms with Crippen molar-refractivity contribution < 1.29 is 23.5 Å². The van der Waals surface area contributed by atoms with Gasteiger partial charge in [-0.15, -0.1) is 0 Å². The van der Waals surface area contributed by atoms with E-state index >= 15 is 0 Å². The van der Waals surface area contributed by atoms with Gasteiger partial charge in [0.15, 0.2) is 0 Å². The molecule has 1 aromatic heterocycles. The highest BCUT2D eigenvalue weighted by atomic mass is 32.2. The molecule has 0 saturated carbocycles. The van der Waals surface area contributed by atoms with Crippen LogP contribution in [0.1, 0.15) is 18.1 Å². The molecule has 158 valence electrons. The Balaban J connectivity index is 1.69. The molecular weight excluding hydrogens is 419 g/mol. The zero-order valence-corrected chi connectivity index (χ0v) is 17.7. The maximum absolute atomic E-state index is 13.2. The summed E-state index contributed by atoms with van der Waals surface area (Å²) < 4.78 is 19.9. The lowest BCUT2D eigenvalue weighted by Gasteiger charge is -2.18. The summed E-state index contributed by atoms with van der Waals surface area (Å²) >= 11 is 0.796. The number of carbonyl (C=O) groups excluding carboxylic acids is 3. The Morgan fingerprint density at radius 3 is 2.58 bits per heavy atom. The lowest BCUT2D eigenvalue weighted by atomic mass is 10.1. The van der Waals surface area contributed by atoms with Crippen molar-refractivity contribution in [1.82, 2.24) is 9.47 Å². The van der Waals surface area contributed by atoms with Crippen LogP contribution in [0, 0.1) is 5.82 Å². The second-order valence-electron chi connectivity index (χ2n) is 7.11. The monoisotopic (exact) mass is 438 g/mol. The van der Waals surface area contributed by atoms with E-state index in [1.807, 2.05) is 35.0 Å². The summed E-state index contributed by atoms with van der Waals surface area (Å²) in [5.41, 5.74) is 2.65. The van der Waals surface area contributed by atoms with Gasteiger partial charge in [-0.3, -0.25) is 14.5 Å². The molecule has 0 unspecified atom stereocenters. The van der Waals surface area contributed by atoms with Crippen LogP contribution in [0.3, 0.4) is 0 Å². The van der Waals surface area contributed by atoms with E-state index < -0.39 is 23.2 Å². The number of ether oxygens (including phenoxy) is 1. The molecule has 31 heavy (non-hydrogen) atoms. The molecule has 1 saturated heterocycles. The Labute approximate surface area is 182 Å². The van der Waals surface area contributed by atoms with Crippen molar-refractivity contribution in [2.24, 2.45) is 0 Å². The van der Waals surface area contributed by atoms with Crippen molar-refractivity contribution in [3.8, 4) is 0 Å². The highest BCUT2D eigenvalue weighted by molar-refractivity contribution is 8.18. The number of methoxy groups -OCH3 is 1. The van der Waals surface area contributed by atoms with Crippen molar-refractivity contribution in [2.75, 3.05) is 7.11 Å². The summed E-state index contributed by atoms with van der Waals surface area (Å²) in [7, 11) is 1.21. The second-order valence-corrected chi connectivity index (χ2v) is 8.10. The van der Waals surface area contributed by atoms with E-state index in [0.717, 1.165) is 38.7 Å². The van der Waals surface area contributed by atoms with Crippen LogP contribution in [0.5, 0.6) is 0 Å². The number of nitrogens with zero attached hydrogens (tertiary/aromatic N) is 2. The Kier molecular flexibility index (Phi) is 5.65. The molecule has 8 heteroatoms. The first kappa shape index (κ1) is 20.9. The van der Waals surface area contributed by atoms with Crippen LogP contribution in [-0.2, 0) is 20.9 Å². The number of fused-ring (bicyclic) bond motifs is 1. The van der Waals surface area contributed by atoms with Gasteiger partial charge in [-0.1, -0.05) is 30.3 Å². The molecule has 0 spiro atoms. The number of hydrogen-bond acceptors (Lipinski definition) is 5. The van der Waals surface area contributed by atoms with Gasteiger partial charge >= 0.3 is 5.97 Å². The number of carbonyl (C=O) groups is 3. The molecule has 2 amide bonds. The fraction of sp³-hybridized carbons (Fsp3) is 0.174. The Hall–Kier alpha value is -3.39. The van der Waals surface area contributed by atoms with E-state index in [1.54, 1.807) is 18.2 Å². The van der Waals surface area contributed by atoms with Gasteiger partial charge in [0.25, 0.3) is 11.1 Å². The van der Waals surface area contributed by atoms with Gasteiger partial charge in [0.2, 0.25) is 0 Å². The zero-order valence-electron chi connectivity index (χ0n) is 16.9. The molecule has 1 aliphatic rings. The summed E-state index contributed by atoms with van der Waals surface area (Å²) in [5, 5.41) is 0.404. The Morgan fingerprint density at radius 2 is 1.87 bits per heavy atom. The minimum Gasteiger partial charge on any atom is -0.467 e. The van der Waals surface area contributed by atoms with Crippen molar-refractivity contribution >= 4 is 45.9 Å². The van der Waals surface area contributed by atoms with Gasteiger partial charge < -0.3 is 9.30 Å². The number of benzene rings is 2. The lowest BCUT2D eigenvalue weighted by Crippen LogP contribution is -2.42. The van der Waals surface area contributed by atoms with Crippen molar-refractivity contribution in [2.45, 2.75) is 19.5 Å². The van der Waals surface area contributed by atoms with E-state index in [1.165, 1.54) is 26.2 Å². The third-order valence-electron chi connectivity index (χ3n) is 5.13. The average molecular weight is 438 g/mol. The van der Waals surface area contributed by atoms with Crippen LogP contribution < -0.4 is 0 Å². The maximum atomic E-state index is 13.2. The van der Waals surface area contributed by atoms with Crippen molar-refractivity contribution in [3.05, 3.63) is 76.6 Å². The minimum absolute atomic E-state index is 0.241. The number of halogens is 1. The molecule has 0 aliphatic carbocycles. The molecule has 3 aromatic rings. The summed E-state index contributed by atoms with van der Waals surface area (Å²) in [6, 6.07) is 13.0. The lowest BCUT2D eigenvalue weighted by molar-refractivity contribution is -0.148. The number of hydrogen-bond donors (Lipinski definition) is 0. The fourth-order valence-electron chi connectivity index (χ4n) is 3.54. The summed E-state index contributed by atoms with van der Waals surface area (Å²) in [5.74, 6) is -1.47. The maximum Gasteiger partial charge on any atom is 0.328 e. The fourth-order valence-corrected chi connectivity index (χ4v) is 4.44. The van der Waals surface area contributed by atoms with Gasteiger partial charge in [0, 0.05) is 29.2 Å². The molecule has 0 N–H and O–H groups in total. The van der Waals surface area contributed by atoms with E-state index in [9.17, 15) is 18.8 Å². The molecular formula is C23H19FN2O4S. The third kappa shape index (κ3) is 3.98.